The minimum Gasteiger partial charge on any atom is -0.294 e. The van der Waals surface area contributed by atoms with Gasteiger partial charge in [-0.15, -0.1) is 11.3 Å². The lowest BCUT2D eigenvalue weighted by molar-refractivity contribution is 0.0994. The fourth-order valence-electron chi connectivity index (χ4n) is 2.64. The lowest BCUT2D eigenvalue weighted by Gasteiger charge is -2.23. The first-order valence-corrected chi connectivity index (χ1v) is 16.1. The molecule has 0 saturated heterocycles. The molecule has 0 fully saturated rings. The summed E-state index contributed by atoms with van der Waals surface area (Å²) < 4.78 is 68.5. The van der Waals surface area contributed by atoms with Gasteiger partial charge in [0.1, 0.15) is 0 Å². The van der Waals surface area contributed by atoms with Crippen LogP contribution in [0.4, 0.5) is 5.69 Å². The average molecular weight is 533 g/mol. The summed E-state index contributed by atoms with van der Waals surface area (Å²) in [6.45, 7) is 0. The number of fused-ring (bicyclic) bond motifs is 1. The minimum atomic E-state index is -4.08. The number of carbonyl (C=O) groups is 1. The fourth-order valence-corrected chi connectivity index (χ4v) is 7.46. The van der Waals surface area contributed by atoms with Crippen LogP contribution in [-0.2, 0) is 35.5 Å². The molecule has 2 aromatic rings. The van der Waals surface area contributed by atoms with Crippen LogP contribution in [0.3, 0.4) is 0 Å². The van der Waals surface area contributed by atoms with Crippen LogP contribution in [0.2, 0.25) is 0 Å². The SMILES string of the molecule is CS(=O)(=O)Cl.CS(=O)(=O)N(c1cc2c(cc1Sc1nccs1)C(=O)CC2)S(C)(=O)=O. The van der Waals surface area contributed by atoms with Crippen molar-refractivity contribution in [1.29, 1.82) is 0 Å². The maximum Gasteiger partial charge on any atom is 0.245 e. The summed E-state index contributed by atoms with van der Waals surface area (Å²) >= 11 is 2.47. The Kier molecular flexibility index (Phi) is 7.62. The van der Waals surface area contributed by atoms with Crippen molar-refractivity contribution in [3.8, 4) is 0 Å². The van der Waals surface area contributed by atoms with Gasteiger partial charge in [-0.2, -0.15) is 3.71 Å². The van der Waals surface area contributed by atoms with Gasteiger partial charge in [0.2, 0.25) is 29.1 Å². The Morgan fingerprint density at radius 1 is 1.03 bits per heavy atom. The van der Waals surface area contributed by atoms with E-state index < -0.39 is 29.1 Å². The van der Waals surface area contributed by atoms with E-state index in [-0.39, 0.29) is 11.5 Å². The van der Waals surface area contributed by atoms with Gasteiger partial charge < -0.3 is 0 Å². The monoisotopic (exact) mass is 532 g/mol. The van der Waals surface area contributed by atoms with E-state index >= 15 is 0 Å². The average Bonchev–Trinajstić information content (AvgIpc) is 3.14. The number of hydrogen-bond donors (Lipinski definition) is 0. The van der Waals surface area contributed by atoms with Gasteiger partial charge in [-0.25, -0.2) is 30.2 Å². The molecule has 0 N–H and O–H groups in total. The van der Waals surface area contributed by atoms with Gasteiger partial charge >= 0.3 is 0 Å². The van der Waals surface area contributed by atoms with E-state index in [0.29, 0.717) is 36.9 Å². The Morgan fingerprint density at radius 2 is 1.60 bits per heavy atom. The summed E-state index contributed by atoms with van der Waals surface area (Å²) in [6, 6.07) is 3.05. The number of benzene rings is 1. The van der Waals surface area contributed by atoms with Gasteiger partial charge in [0.15, 0.2) is 10.1 Å². The third kappa shape index (κ3) is 6.92. The zero-order valence-corrected chi connectivity index (χ0v) is 20.7. The molecule has 1 heterocycles. The topological polar surface area (TPSA) is 136 Å². The molecule has 166 valence electrons. The molecule has 1 aromatic heterocycles. The summed E-state index contributed by atoms with van der Waals surface area (Å²) in [5, 5.41) is 1.76. The quantitative estimate of drug-likeness (QED) is 0.531. The van der Waals surface area contributed by atoms with Crippen LogP contribution in [0.5, 0.6) is 0 Å². The first kappa shape index (κ1) is 25.1. The van der Waals surface area contributed by atoms with E-state index in [9.17, 15) is 30.0 Å². The Balaban J connectivity index is 0.000000575. The molecule has 0 amide bonds. The van der Waals surface area contributed by atoms with Crippen molar-refractivity contribution in [2.45, 2.75) is 22.1 Å². The third-order valence-electron chi connectivity index (χ3n) is 3.51. The number of ketones is 1. The molecule has 1 aromatic carbocycles. The van der Waals surface area contributed by atoms with Gasteiger partial charge in [0.25, 0.3) is 0 Å². The van der Waals surface area contributed by atoms with E-state index in [4.69, 9.17) is 0 Å². The second-order valence-corrected chi connectivity index (χ2v) is 15.3. The molecule has 0 bridgehead atoms. The second kappa shape index (κ2) is 9.12. The van der Waals surface area contributed by atoms with Gasteiger partial charge in [0, 0.05) is 39.1 Å². The lowest BCUT2D eigenvalue weighted by atomic mass is 10.1. The number of Topliss-reactive ketones (excluding diaryl/α,β-unsaturated/α-hetero) is 1. The van der Waals surface area contributed by atoms with Crippen LogP contribution < -0.4 is 3.71 Å². The van der Waals surface area contributed by atoms with E-state index in [1.807, 2.05) is 0 Å². The molecule has 15 heteroatoms. The third-order valence-corrected chi connectivity index (χ3v) is 8.67. The molecule has 1 aliphatic carbocycles. The lowest BCUT2D eigenvalue weighted by Crippen LogP contribution is -2.35. The summed E-state index contributed by atoms with van der Waals surface area (Å²) in [5.74, 6) is -0.0344. The molecular formula is C15H17ClN2O7S5. The smallest absolute Gasteiger partial charge is 0.245 e. The standard InChI is InChI=1S/C14H14N2O5S4.CH3ClO2S/c1-24(18,19)16(25(2,20)21)11-7-9-3-4-12(17)10(9)8-13(11)23-14-15-5-6-22-14;1-5(2,3)4/h5-8H,3-4H2,1-2H3;1H3. The number of carbonyl (C=O) groups excluding carboxylic acids is 1. The van der Waals surface area contributed by atoms with Crippen molar-refractivity contribution in [3.05, 3.63) is 34.8 Å². The number of nitrogens with zero attached hydrogens (tertiary/aromatic N) is 2. The molecule has 0 unspecified atom stereocenters. The van der Waals surface area contributed by atoms with Crippen molar-refractivity contribution in [2.24, 2.45) is 0 Å². The van der Waals surface area contributed by atoms with Crippen molar-refractivity contribution < 1.29 is 30.0 Å². The molecule has 0 radical (unpaired) electrons. The number of aromatic nitrogens is 1. The van der Waals surface area contributed by atoms with Gasteiger partial charge in [-0.05, 0) is 24.1 Å². The van der Waals surface area contributed by atoms with Crippen LogP contribution in [-0.4, -0.2) is 54.8 Å². The first-order chi connectivity index (χ1) is 13.6. The molecule has 0 saturated carbocycles. The van der Waals surface area contributed by atoms with Crippen molar-refractivity contribution in [2.75, 3.05) is 22.5 Å². The van der Waals surface area contributed by atoms with E-state index in [0.717, 1.165) is 30.5 Å². The molecule has 1 aliphatic rings. The molecular weight excluding hydrogens is 516 g/mol. The maximum absolute atomic E-state index is 12.2. The summed E-state index contributed by atoms with van der Waals surface area (Å²) in [7, 11) is -6.85. The van der Waals surface area contributed by atoms with Crippen molar-refractivity contribution in [1.82, 2.24) is 4.98 Å². The first-order valence-electron chi connectivity index (χ1n) is 7.95. The van der Waals surface area contributed by atoms with Crippen LogP contribution in [0, 0.1) is 0 Å². The van der Waals surface area contributed by atoms with Crippen LogP contribution in [0.15, 0.2) is 32.9 Å². The predicted molar refractivity (Wildman–Crippen MR) is 118 cm³/mol. The van der Waals surface area contributed by atoms with Gasteiger partial charge in [-0.3, -0.25) is 4.79 Å². The largest absolute Gasteiger partial charge is 0.294 e. The van der Waals surface area contributed by atoms with Crippen LogP contribution in [0.25, 0.3) is 0 Å². The Labute approximate surface area is 188 Å². The van der Waals surface area contributed by atoms with Crippen LogP contribution >= 0.6 is 33.8 Å². The van der Waals surface area contributed by atoms with Crippen LogP contribution in [0.1, 0.15) is 22.3 Å². The molecule has 30 heavy (non-hydrogen) atoms. The summed E-state index contributed by atoms with van der Waals surface area (Å²) in [5.41, 5.74) is 1.18. The Hall–Kier alpha value is -1.19. The van der Waals surface area contributed by atoms with Crippen molar-refractivity contribution in [3.63, 3.8) is 0 Å². The van der Waals surface area contributed by atoms with E-state index in [2.05, 4.69) is 15.7 Å². The minimum absolute atomic E-state index is 0.0265. The molecule has 0 atom stereocenters. The zero-order chi connectivity index (χ0) is 22.9. The number of sulfonamides is 2. The molecule has 0 spiro atoms. The van der Waals surface area contributed by atoms with Gasteiger partial charge in [0.05, 0.1) is 24.5 Å². The summed E-state index contributed by atoms with van der Waals surface area (Å²) in [4.78, 5) is 16.5. The fraction of sp³-hybridized carbons (Fsp3) is 0.333. The number of hydrogen-bond acceptors (Lipinski definition) is 10. The number of rotatable bonds is 5. The highest BCUT2D eigenvalue weighted by atomic mass is 35.7. The van der Waals surface area contributed by atoms with Gasteiger partial charge in [-0.1, -0.05) is 11.8 Å². The van der Waals surface area contributed by atoms with E-state index in [1.165, 1.54) is 17.4 Å². The predicted octanol–water partition coefficient (Wildman–Crippen LogP) is 2.33. The Bertz CT molecular complexity index is 1230. The Morgan fingerprint density at radius 3 is 2.07 bits per heavy atom. The zero-order valence-electron chi connectivity index (χ0n) is 15.9. The maximum atomic E-state index is 12.2. The normalized spacial score (nSPS) is 14.1. The molecule has 9 nitrogen and oxygen atoms in total. The second-order valence-electron chi connectivity index (χ2n) is 6.21. The summed E-state index contributed by atoms with van der Waals surface area (Å²) in [6.07, 6.45) is 4.99. The molecule has 3 rings (SSSR count). The van der Waals surface area contributed by atoms with E-state index in [1.54, 1.807) is 17.6 Å². The highest BCUT2D eigenvalue weighted by Gasteiger charge is 2.32. The number of anilines is 1. The highest BCUT2D eigenvalue weighted by Crippen LogP contribution is 2.41. The van der Waals surface area contributed by atoms with Crippen molar-refractivity contribution >= 4 is 74.3 Å². The highest BCUT2D eigenvalue weighted by molar-refractivity contribution is 8.13. The molecule has 0 aliphatic heterocycles. The number of aryl methyl sites for hydroxylation is 1. The number of halogens is 1. The number of thiazole rings is 1.